The highest BCUT2D eigenvalue weighted by atomic mass is 32.2. The van der Waals surface area contributed by atoms with Crippen molar-refractivity contribution in [1.82, 2.24) is 14.8 Å². The summed E-state index contributed by atoms with van der Waals surface area (Å²) >= 11 is 1.78. The van der Waals surface area contributed by atoms with Gasteiger partial charge in [-0.15, -0.1) is 10.2 Å². The summed E-state index contributed by atoms with van der Waals surface area (Å²) in [6.07, 6.45) is 4.13. The average Bonchev–Trinajstić information content (AvgIpc) is 2.57. The van der Waals surface area contributed by atoms with Gasteiger partial charge in [-0.2, -0.15) is 0 Å². The lowest BCUT2D eigenvalue weighted by Gasteiger charge is -2.36. The molecule has 2 N–H and O–H groups in total. The van der Waals surface area contributed by atoms with Gasteiger partial charge in [0.05, 0.1) is 0 Å². The van der Waals surface area contributed by atoms with Gasteiger partial charge in [0.25, 0.3) is 0 Å². The molecule has 4 unspecified atom stereocenters. The Kier molecular flexibility index (Phi) is 3.54. The summed E-state index contributed by atoms with van der Waals surface area (Å²) < 4.78 is 1.96. The zero-order valence-corrected chi connectivity index (χ0v) is 10.9. The van der Waals surface area contributed by atoms with Crippen LogP contribution >= 0.6 is 11.8 Å². The van der Waals surface area contributed by atoms with Crippen LogP contribution in [-0.2, 0) is 7.05 Å². The van der Waals surface area contributed by atoms with Crippen molar-refractivity contribution in [3.63, 3.8) is 0 Å². The van der Waals surface area contributed by atoms with Crippen LogP contribution in [0.5, 0.6) is 0 Å². The van der Waals surface area contributed by atoms with Gasteiger partial charge in [-0.3, -0.25) is 0 Å². The standard InChI is InChI=1S/C11H20N4S/c1-7-4-8(2)10(9(12)5-7)16-11-14-13-6-15(11)3/h6-10H,4-5,12H2,1-3H3. The topological polar surface area (TPSA) is 56.7 Å². The van der Waals surface area contributed by atoms with E-state index in [0.29, 0.717) is 11.2 Å². The second-order valence-corrected chi connectivity index (χ2v) is 6.17. The van der Waals surface area contributed by atoms with E-state index in [1.807, 2.05) is 11.6 Å². The van der Waals surface area contributed by atoms with E-state index in [0.717, 1.165) is 17.5 Å². The van der Waals surface area contributed by atoms with Gasteiger partial charge in [-0.05, 0) is 24.7 Å². The highest BCUT2D eigenvalue weighted by molar-refractivity contribution is 7.99. The second-order valence-electron chi connectivity index (χ2n) is 5.02. The fourth-order valence-electron chi connectivity index (χ4n) is 2.59. The first-order valence-electron chi connectivity index (χ1n) is 5.84. The van der Waals surface area contributed by atoms with Crippen LogP contribution in [0.3, 0.4) is 0 Å². The van der Waals surface area contributed by atoms with Crippen molar-refractivity contribution < 1.29 is 0 Å². The van der Waals surface area contributed by atoms with E-state index >= 15 is 0 Å². The van der Waals surface area contributed by atoms with E-state index in [4.69, 9.17) is 5.73 Å². The molecular weight excluding hydrogens is 220 g/mol. The summed E-state index contributed by atoms with van der Waals surface area (Å²) in [5.41, 5.74) is 6.25. The van der Waals surface area contributed by atoms with Gasteiger partial charge in [-0.25, -0.2) is 0 Å². The molecule has 0 radical (unpaired) electrons. The molecular formula is C11H20N4S. The molecule has 0 amide bonds. The number of thioether (sulfide) groups is 1. The largest absolute Gasteiger partial charge is 0.327 e. The molecule has 1 heterocycles. The predicted octanol–water partition coefficient (Wildman–Crippen LogP) is 1.67. The van der Waals surface area contributed by atoms with E-state index in [2.05, 4.69) is 24.0 Å². The molecule has 2 rings (SSSR count). The van der Waals surface area contributed by atoms with Gasteiger partial charge >= 0.3 is 0 Å². The first kappa shape index (κ1) is 11.9. The van der Waals surface area contributed by atoms with Crippen LogP contribution in [0.25, 0.3) is 0 Å². The van der Waals surface area contributed by atoms with Crippen molar-refractivity contribution in [3.05, 3.63) is 6.33 Å². The Morgan fingerprint density at radius 3 is 2.75 bits per heavy atom. The van der Waals surface area contributed by atoms with Crippen LogP contribution in [0.4, 0.5) is 0 Å². The maximum absolute atomic E-state index is 6.25. The van der Waals surface area contributed by atoms with E-state index in [9.17, 15) is 0 Å². The summed E-state index contributed by atoms with van der Waals surface area (Å²) in [6, 6.07) is 0.278. The monoisotopic (exact) mass is 240 g/mol. The van der Waals surface area contributed by atoms with Gasteiger partial charge in [0.1, 0.15) is 6.33 Å². The van der Waals surface area contributed by atoms with E-state index in [-0.39, 0.29) is 6.04 Å². The Bertz CT molecular complexity index is 340. The summed E-state index contributed by atoms with van der Waals surface area (Å²) in [6.45, 7) is 4.59. The lowest BCUT2D eigenvalue weighted by Crippen LogP contribution is -2.43. The van der Waals surface area contributed by atoms with Crippen molar-refractivity contribution in [3.8, 4) is 0 Å². The van der Waals surface area contributed by atoms with Crippen molar-refractivity contribution in [2.24, 2.45) is 24.6 Å². The molecule has 0 spiro atoms. The third kappa shape index (κ3) is 2.40. The minimum Gasteiger partial charge on any atom is -0.327 e. The van der Waals surface area contributed by atoms with Gasteiger partial charge in [-0.1, -0.05) is 25.6 Å². The average molecular weight is 240 g/mol. The molecule has 1 aromatic heterocycles. The number of rotatable bonds is 2. The fraction of sp³-hybridized carbons (Fsp3) is 0.818. The first-order valence-corrected chi connectivity index (χ1v) is 6.72. The van der Waals surface area contributed by atoms with Crippen molar-refractivity contribution in [2.75, 3.05) is 0 Å². The third-order valence-corrected chi connectivity index (χ3v) is 5.01. The minimum absolute atomic E-state index is 0.278. The molecule has 0 aliphatic heterocycles. The molecule has 1 fully saturated rings. The van der Waals surface area contributed by atoms with Crippen LogP contribution < -0.4 is 5.73 Å². The van der Waals surface area contributed by atoms with E-state index in [1.165, 1.54) is 6.42 Å². The van der Waals surface area contributed by atoms with Crippen LogP contribution in [0.2, 0.25) is 0 Å². The van der Waals surface area contributed by atoms with Crippen LogP contribution in [0.15, 0.2) is 11.5 Å². The normalized spacial score (nSPS) is 35.2. The number of aromatic nitrogens is 3. The Labute approximate surface area is 101 Å². The van der Waals surface area contributed by atoms with Crippen molar-refractivity contribution >= 4 is 11.8 Å². The zero-order valence-electron chi connectivity index (χ0n) is 10.1. The van der Waals surface area contributed by atoms with Crippen molar-refractivity contribution in [2.45, 2.75) is 43.1 Å². The number of nitrogens with two attached hydrogens (primary N) is 1. The SMILES string of the molecule is CC1CC(C)C(Sc2nncn2C)C(N)C1. The smallest absolute Gasteiger partial charge is 0.191 e. The van der Waals surface area contributed by atoms with Crippen LogP contribution in [-0.4, -0.2) is 26.1 Å². The molecule has 1 aliphatic carbocycles. The highest BCUT2D eigenvalue weighted by Crippen LogP contribution is 2.37. The third-order valence-electron chi connectivity index (χ3n) is 3.34. The Morgan fingerprint density at radius 2 is 2.19 bits per heavy atom. The second kappa shape index (κ2) is 4.75. The molecule has 0 aromatic carbocycles. The molecule has 0 saturated heterocycles. The minimum atomic E-state index is 0.278. The quantitative estimate of drug-likeness (QED) is 0.854. The molecule has 0 bridgehead atoms. The molecule has 4 nitrogen and oxygen atoms in total. The van der Waals surface area contributed by atoms with Crippen LogP contribution in [0, 0.1) is 11.8 Å². The van der Waals surface area contributed by atoms with Gasteiger partial charge in [0.15, 0.2) is 5.16 Å². The van der Waals surface area contributed by atoms with Gasteiger partial charge < -0.3 is 10.3 Å². The lowest BCUT2D eigenvalue weighted by molar-refractivity contribution is 0.279. The van der Waals surface area contributed by atoms with E-state index in [1.54, 1.807) is 18.1 Å². The first-order chi connectivity index (χ1) is 7.58. The number of hydrogen-bond donors (Lipinski definition) is 1. The predicted molar refractivity (Wildman–Crippen MR) is 66.2 cm³/mol. The van der Waals surface area contributed by atoms with E-state index < -0.39 is 0 Å². The molecule has 1 saturated carbocycles. The summed E-state index contributed by atoms with van der Waals surface area (Å²) in [5, 5.41) is 9.47. The number of aryl methyl sites for hydroxylation is 1. The molecule has 5 heteroatoms. The molecule has 90 valence electrons. The Hall–Kier alpha value is -0.550. The summed E-state index contributed by atoms with van der Waals surface area (Å²) in [4.78, 5) is 0. The summed E-state index contributed by atoms with van der Waals surface area (Å²) in [5.74, 6) is 1.40. The molecule has 16 heavy (non-hydrogen) atoms. The fourth-order valence-corrected chi connectivity index (χ4v) is 3.77. The van der Waals surface area contributed by atoms with Crippen LogP contribution in [0.1, 0.15) is 26.7 Å². The molecule has 1 aromatic rings. The lowest BCUT2D eigenvalue weighted by atomic mass is 9.80. The zero-order chi connectivity index (χ0) is 11.7. The summed E-state index contributed by atoms with van der Waals surface area (Å²) in [7, 11) is 1.98. The van der Waals surface area contributed by atoms with Crippen molar-refractivity contribution in [1.29, 1.82) is 0 Å². The molecule has 1 aliphatic rings. The van der Waals surface area contributed by atoms with Gasteiger partial charge in [0, 0.05) is 18.3 Å². The Morgan fingerprint density at radius 1 is 1.44 bits per heavy atom. The maximum atomic E-state index is 6.25. The maximum Gasteiger partial charge on any atom is 0.191 e. The molecule has 4 atom stereocenters. The number of hydrogen-bond acceptors (Lipinski definition) is 4. The highest BCUT2D eigenvalue weighted by Gasteiger charge is 2.33. The number of nitrogens with zero attached hydrogens (tertiary/aromatic N) is 3. The van der Waals surface area contributed by atoms with Gasteiger partial charge in [0.2, 0.25) is 0 Å². The Balaban J connectivity index is 2.06.